The molecule has 1 unspecified atom stereocenters. The SMILES string of the molecule is CCCC(C)(NS(=O)(=O)CC#N)C(=O)O. The van der Waals surface area contributed by atoms with Gasteiger partial charge in [0, 0.05) is 0 Å². The summed E-state index contributed by atoms with van der Waals surface area (Å²) in [6, 6.07) is 1.47. The van der Waals surface area contributed by atoms with Gasteiger partial charge in [-0.05, 0) is 13.3 Å². The molecule has 0 amide bonds. The lowest BCUT2D eigenvalue weighted by Gasteiger charge is -2.24. The Balaban J connectivity index is 4.86. The molecule has 0 bridgehead atoms. The molecule has 0 radical (unpaired) electrons. The van der Waals surface area contributed by atoms with E-state index >= 15 is 0 Å². The highest BCUT2D eigenvalue weighted by Crippen LogP contribution is 2.14. The molecule has 7 heteroatoms. The first kappa shape index (κ1) is 13.9. The molecule has 0 aliphatic rings. The number of sulfonamides is 1. The van der Waals surface area contributed by atoms with Gasteiger partial charge in [-0.3, -0.25) is 4.79 Å². The van der Waals surface area contributed by atoms with Crippen molar-refractivity contribution in [3.05, 3.63) is 0 Å². The minimum Gasteiger partial charge on any atom is -0.480 e. The molecule has 1 atom stereocenters. The number of carboxylic acids is 1. The van der Waals surface area contributed by atoms with Gasteiger partial charge in [-0.2, -0.15) is 9.98 Å². The Bertz CT molecular complexity index is 371. The van der Waals surface area contributed by atoms with Gasteiger partial charge in [0.05, 0.1) is 6.07 Å². The lowest BCUT2D eigenvalue weighted by Crippen LogP contribution is -2.52. The molecule has 6 nitrogen and oxygen atoms in total. The third-order valence-electron chi connectivity index (χ3n) is 1.86. The fraction of sp³-hybridized carbons (Fsp3) is 0.750. The number of hydrogen-bond donors (Lipinski definition) is 2. The molecule has 0 aromatic rings. The smallest absolute Gasteiger partial charge is 0.324 e. The Morgan fingerprint density at radius 1 is 1.60 bits per heavy atom. The maximum atomic E-state index is 11.2. The van der Waals surface area contributed by atoms with Crippen LogP contribution in [0.3, 0.4) is 0 Å². The van der Waals surface area contributed by atoms with Crippen LogP contribution >= 0.6 is 0 Å². The molecular formula is C8H14N2O4S. The minimum atomic E-state index is -3.85. The van der Waals surface area contributed by atoms with E-state index in [0.29, 0.717) is 6.42 Å². The zero-order chi connectivity index (χ0) is 12.1. The highest BCUT2D eigenvalue weighted by atomic mass is 32.2. The summed E-state index contributed by atoms with van der Waals surface area (Å²) in [6.45, 7) is 3.04. The lowest BCUT2D eigenvalue weighted by atomic mass is 9.98. The number of carboxylic acid groups (broad SMARTS) is 1. The number of hydrogen-bond acceptors (Lipinski definition) is 4. The molecule has 0 heterocycles. The predicted molar refractivity (Wildman–Crippen MR) is 53.5 cm³/mol. The number of aliphatic carboxylic acids is 1. The van der Waals surface area contributed by atoms with Crippen molar-refractivity contribution in [3.63, 3.8) is 0 Å². The van der Waals surface area contributed by atoms with Gasteiger partial charge in [0.2, 0.25) is 10.0 Å². The first-order chi connectivity index (χ1) is 6.77. The molecule has 15 heavy (non-hydrogen) atoms. The fourth-order valence-electron chi connectivity index (χ4n) is 1.17. The van der Waals surface area contributed by atoms with Crippen molar-refractivity contribution < 1.29 is 18.3 Å². The Morgan fingerprint density at radius 3 is 2.47 bits per heavy atom. The molecule has 0 saturated heterocycles. The molecule has 0 saturated carbocycles. The fourth-order valence-corrected chi connectivity index (χ4v) is 2.28. The first-order valence-corrected chi connectivity index (χ1v) is 6.04. The van der Waals surface area contributed by atoms with Gasteiger partial charge in [-0.15, -0.1) is 0 Å². The van der Waals surface area contributed by atoms with Crippen molar-refractivity contribution in [1.82, 2.24) is 4.72 Å². The quantitative estimate of drug-likeness (QED) is 0.676. The highest BCUT2D eigenvalue weighted by Gasteiger charge is 2.36. The van der Waals surface area contributed by atoms with E-state index < -0.39 is 27.3 Å². The molecule has 0 aromatic heterocycles. The molecule has 0 aromatic carbocycles. The van der Waals surface area contributed by atoms with Gasteiger partial charge in [0.1, 0.15) is 5.54 Å². The van der Waals surface area contributed by atoms with Crippen molar-refractivity contribution in [2.24, 2.45) is 0 Å². The third-order valence-corrected chi connectivity index (χ3v) is 3.13. The largest absolute Gasteiger partial charge is 0.480 e. The topological polar surface area (TPSA) is 107 Å². The summed E-state index contributed by atoms with van der Waals surface area (Å²) in [5, 5.41) is 17.1. The van der Waals surface area contributed by atoms with E-state index in [4.69, 9.17) is 10.4 Å². The van der Waals surface area contributed by atoms with Crippen LogP contribution in [0.15, 0.2) is 0 Å². The van der Waals surface area contributed by atoms with Crippen LogP contribution in [-0.2, 0) is 14.8 Å². The summed E-state index contributed by atoms with van der Waals surface area (Å²) in [5.74, 6) is -1.98. The van der Waals surface area contributed by atoms with Crippen molar-refractivity contribution in [3.8, 4) is 6.07 Å². The summed E-state index contributed by atoms with van der Waals surface area (Å²) in [4.78, 5) is 10.9. The van der Waals surface area contributed by atoms with Crippen LogP contribution in [0, 0.1) is 11.3 Å². The van der Waals surface area contributed by atoms with Gasteiger partial charge in [-0.25, -0.2) is 8.42 Å². The zero-order valence-corrected chi connectivity index (χ0v) is 9.47. The summed E-state index contributed by atoms with van der Waals surface area (Å²) in [7, 11) is -3.85. The highest BCUT2D eigenvalue weighted by molar-refractivity contribution is 7.89. The van der Waals surface area contributed by atoms with E-state index in [1.165, 1.54) is 13.0 Å². The first-order valence-electron chi connectivity index (χ1n) is 4.39. The third kappa shape index (κ3) is 4.27. The van der Waals surface area contributed by atoms with Crippen LogP contribution in [0.25, 0.3) is 0 Å². The number of carbonyl (C=O) groups is 1. The average Bonchev–Trinajstić information content (AvgIpc) is 2.02. The molecule has 0 rings (SSSR count). The van der Waals surface area contributed by atoms with Crippen molar-refractivity contribution in [2.75, 3.05) is 5.75 Å². The van der Waals surface area contributed by atoms with Crippen LogP contribution in [0.1, 0.15) is 26.7 Å². The Hall–Kier alpha value is -1.13. The average molecular weight is 234 g/mol. The van der Waals surface area contributed by atoms with E-state index in [1.54, 1.807) is 6.92 Å². The van der Waals surface area contributed by atoms with E-state index in [9.17, 15) is 13.2 Å². The van der Waals surface area contributed by atoms with E-state index in [1.807, 2.05) is 4.72 Å². The van der Waals surface area contributed by atoms with Crippen molar-refractivity contribution in [1.29, 1.82) is 5.26 Å². The van der Waals surface area contributed by atoms with E-state index in [2.05, 4.69) is 0 Å². The Kier molecular flexibility index (Phi) is 4.71. The molecule has 2 N–H and O–H groups in total. The van der Waals surface area contributed by atoms with Gasteiger partial charge < -0.3 is 5.11 Å². The Morgan fingerprint density at radius 2 is 2.13 bits per heavy atom. The molecule has 0 aliphatic carbocycles. The standard InChI is InChI=1S/C8H14N2O4S/c1-3-4-8(2,7(11)12)10-15(13,14)6-5-9/h10H,3-4,6H2,1-2H3,(H,11,12). The minimum absolute atomic E-state index is 0.174. The van der Waals surface area contributed by atoms with Gasteiger partial charge in [0.25, 0.3) is 0 Å². The summed E-state index contributed by atoms with van der Waals surface area (Å²) in [5.41, 5.74) is -1.54. The Labute approximate surface area is 89.0 Å². The maximum absolute atomic E-state index is 11.2. The van der Waals surface area contributed by atoms with E-state index in [-0.39, 0.29) is 6.42 Å². The second kappa shape index (κ2) is 5.09. The molecule has 0 spiro atoms. The van der Waals surface area contributed by atoms with Gasteiger partial charge in [0.15, 0.2) is 5.75 Å². The van der Waals surface area contributed by atoms with Crippen LogP contribution in [-0.4, -0.2) is 30.8 Å². The lowest BCUT2D eigenvalue weighted by molar-refractivity contribution is -0.143. The van der Waals surface area contributed by atoms with Crippen LogP contribution in [0.4, 0.5) is 0 Å². The van der Waals surface area contributed by atoms with Gasteiger partial charge in [-0.1, -0.05) is 13.3 Å². The summed E-state index contributed by atoms with van der Waals surface area (Å²) >= 11 is 0. The molecule has 0 fully saturated rings. The van der Waals surface area contributed by atoms with Crippen LogP contribution in [0.2, 0.25) is 0 Å². The summed E-state index contributed by atoms with van der Waals surface area (Å²) in [6.07, 6.45) is 0.699. The number of nitrogens with zero attached hydrogens (tertiary/aromatic N) is 1. The van der Waals surface area contributed by atoms with E-state index in [0.717, 1.165) is 0 Å². The van der Waals surface area contributed by atoms with Crippen molar-refractivity contribution >= 4 is 16.0 Å². The van der Waals surface area contributed by atoms with Gasteiger partial charge >= 0.3 is 5.97 Å². The second-order valence-electron chi connectivity index (χ2n) is 3.41. The normalized spacial score (nSPS) is 15.3. The predicted octanol–water partition coefficient (Wildman–Crippen LogP) is 0.0728. The maximum Gasteiger partial charge on any atom is 0.324 e. The molecule has 0 aliphatic heterocycles. The second-order valence-corrected chi connectivity index (χ2v) is 5.13. The van der Waals surface area contributed by atoms with Crippen LogP contribution in [0.5, 0.6) is 0 Å². The van der Waals surface area contributed by atoms with Crippen LogP contribution < -0.4 is 4.72 Å². The zero-order valence-electron chi connectivity index (χ0n) is 8.65. The van der Waals surface area contributed by atoms with Crippen molar-refractivity contribution in [2.45, 2.75) is 32.2 Å². The molecular weight excluding hydrogens is 220 g/mol. The number of nitriles is 1. The number of rotatable bonds is 6. The number of nitrogens with one attached hydrogen (secondary N) is 1. The summed E-state index contributed by atoms with van der Waals surface area (Å²) < 4.78 is 24.5. The monoisotopic (exact) mass is 234 g/mol. The molecule has 86 valence electrons.